The summed E-state index contributed by atoms with van der Waals surface area (Å²) < 4.78 is 5.73. The number of likely N-dealkylation sites (tertiary alicyclic amines) is 1. The van der Waals surface area contributed by atoms with Gasteiger partial charge in [-0.3, -0.25) is 4.79 Å². The van der Waals surface area contributed by atoms with Gasteiger partial charge in [0.05, 0.1) is 5.25 Å². The second-order valence-corrected chi connectivity index (χ2v) is 7.33. The van der Waals surface area contributed by atoms with Crippen molar-refractivity contribution in [1.82, 2.24) is 15.1 Å². The smallest absolute Gasteiger partial charge is 0.277 e. The molecule has 0 aliphatic carbocycles. The van der Waals surface area contributed by atoms with Crippen LogP contribution < -0.4 is 0 Å². The molecule has 1 amide bonds. The molecule has 1 aliphatic heterocycles. The van der Waals surface area contributed by atoms with E-state index in [-0.39, 0.29) is 11.2 Å². The molecular weight excluding hydrogens is 310 g/mol. The Hall–Kier alpha value is -1.82. The van der Waals surface area contributed by atoms with Crippen molar-refractivity contribution in [2.45, 2.75) is 44.1 Å². The maximum atomic E-state index is 12.3. The maximum absolute atomic E-state index is 12.3. The highest BCUT2D eigenvalue weighted by atomic mass is 32.2. The molecule has 0 N–H and O–H groups in total. The average Bonchev–Trinajstić information content (AvgIpc) is 3.17. The number of amides is 1. The minimum Gasteiger partial charge on any atom is -0.411 e. The Morgan fingerprint density at radius 1 is 1.17 bits per heavy atom. The first-order valence-electron chi connectivity index (χ1n) is 7.90. The monoisotopic (exact) mass is 331 g/mol. The van der Waals surface area contributed by atoms with Gasteiger partial charge in [-0.05, 0) is 45.7 Å². The standard InChI is InChI=1S/C17H21N3O2S/c1-11-8-12(2)10-14(9-11)15-18-19-17(22-15)23-13(3)16(21)20-6-4-5-7-20/h8-10,13H,4-7H2,1-3H3/t13-/m0/s1. The zero-order valence-electron chi connectivity index (χ0n) is 13.7. The molecule has 1 saturated heterocycles. The summed E-state index contributed by atoms with van der Waals surface area (Å²) in [5, 5.41) is 8.43. The molecule has 0 spiro atoms. The third-order valence-corrected chi connectivity index (χ3v) is 4.84. The number of rotatable bonds is 4. The molecule has 0 radical (unpaired) electrons. The van der Waals surface area contributed by atoms with Gasteiger partial charge in [0.1, 0.15) is 0 Å². The van der Waals surface area contributed by atoms with Crippen LogP contribution in [0.25, 0.3) is 11.5 Å². The summed E-state index contributed by atoms with van der Waals surface area (Å²) in [6, 6.07) is 6.15. The fourth-order valence-corrected chi connectivity index (χ4v) is 3.64. The number of thioether (sulfide) groups is 1. The molecular formula is C17H21N3O2S. The lowest BCUT2D eigenvalue weighted by Crippen LogP contribution is -2.34. The first-order valence-corrected chi connectivity index (χ1v) is 8.78. The van der Waals surface area contributed by atoms with Crippen LogP contribution in [0.5, 0.6) is 0 Å². The van der Waals surface area contributed by atoms with Crippen LogP contribution in [-0.2, 0) is 4.79 Å². The molecule has 122 valence electrons. The van der Waals surface area contributed by atoms with Gasteiger partial charge < -0.3 is 9.32 Å². The second-order valence-electron chi connectivity index (χ2n) is 6.04. The zero-order valence-corrected chi connectivity index (χ0v) is 14.5. The normalized spacial score (nSPS) is 15.9. The Kier molecular flexibility index (Phi) is 4.71. The highest BCUT2D eigenvalue weighted by molar-refractivity contribution is 8.00. The highest BCUT2D eigenvalue weighted by Crippen LogP contribution is 2.28. The van der Waals surface area contributed by atoms with E-state index in [9.17, 15) is 4.79 Å². The molecule has 1 fully saturated rings. The van der Waals surface area contributed by atoms with Crippen molar-refractivity contribution >= 4 is 17.7 Å². The molecule has 0 unspecified atom stereocenters. The summed E-state index contributed by atoms with van der Waals surface area (Å²) in [7, 11) is 0. The largest absolute Gasteiger partial charge is 0.411 e. The fraction of sp³-hybridized carbons (Fsp3) is 0.471. The number of carbonyl (C=O) groups excluding carboxylic acids is 1. The van der Waals surface area contributed by atoms with Gasteiger partial charge in [-0.15, -0.1) is 10.2 Å². The van der Waals surface area contributed by atoms with Gasteiger partial charge in [0.25, 0.3) is 5.22 Å². The number of aryl methyl sites for hydroxylation is 2. The Morgan fingerprint density at radius 2 is 1.83 bits per heavy atom. The first kappa shape index (κ1) is 16.1. The number of hydrogen-bond acceptors (Lipinski definition) is 5. The topological polar surface area (TPSA) is 59.2 Å². The van der Waals surface area contributed by atoms with Crippen LogP contribution in [0.1, 0.15) is 30.9 Å². The molecule has 0 bridgehead atoms. The minimum absolute atomic E-state index is 0.152. The summed E-state index contributed by atoms with van der Waals surface area (Å²) in [6.45, 7) is 7.70. The van der Waals surface area contributed by atoms with Crippen LogP contribution in [0.2, 0.25) is 0 Å². The van der Waals surface area contributed by atoms with Crippen molar-refractivity contribution in [3.63, 3.8) is 0 Å². The summed E-state index contributed by atoms with van der Waals surface area (Å²) in [6.07, 6.45) is 2.20. The molecule has 6 heteroatoms. The second kappa shape index (κ2) is 6.74. The highest BCUT2D eigenvalue weighted by Gasteiger charge is 2.25. The van der Waals surface area contributed by atoms with E-state index in [1.807, 2.05) is 37.8 Å². The fourth-order valence-electron chi connectivity index (χ4n) is 2.87. The number of hydrogen-bond donors (Lipinski definition) is 0. The van der Waals surface area contributed by atoms with Crippen LogP contribution in [-0.4, -0.2) is 39.3 Å². The Bertz CT molecular complexity index is 687. The Labute approximate surface area is 140 Å². The predicted molar refractivity (Wildman–Crippen MR) is 90.3 cm³/mol. The van der Waals surface area contributed by atoms with E-state index in [0.717, 1.165) is 42.6 Å². The Balaban J connectivity index is 1.70. The number of aromatic nitrogens is 2. The van der Waals surface area contributed by atoms with Crippen LogP contribution in [0.3, 0.4) is 0 Å². The molecule has 5 nitrogen and oxygen atoms in total. The van der Waals surface area contributed by atoms with Crippen molar-refractivity contribution in [2.75, 3.05) is 13.1 Å². The van der Waals surface area contributed by atoms with Gasteiger partial charge in [0.15, 0.2) is 0 Å². The van der Waals surface area contributed by atoms with Gasteiger partial charge >= 0.3 is 0 Å². The summed E-state index contributed by atoms with van der Waals surface area (Å²) in [5.74, 6) is 0.652. The van der Waals surface area contributed by atoms with E-state index >= 15 is 0 Å². The van der Waals surface area contributed by atoms with Gasteiger partial charge in [0, 0.05) is 18.7 Å². The summed E-state index contributed by atoms with van der Waals surface area (Å²) in [4.78, 5) is 14.2. The number of nitrogens with zero attached hydrogens (tertiary/aromatic N) is 3. The van der Waals surface area contributed by atoms with Gasteiger partial charge in [0.2, 0.25) is 11.8 Å². The maximum Gasteiger partial charge on any atom is 0.277 e. The number of benzene rings is 1. The summed E-state index contributed by atoms with van der Waals surface area (Å²) >= 11 is 1.33. The number of carbonyl (C=O) groups is 1. The molecule has 0 saturated carbocycles. The third kappa shape index (κ3) is 3.75. The van der Waals surface area contributed by atoms with Crippen LogP contribution >= 0.6 is 11.8 Å². The molecule has 3 rings (SSSR count). The molecule has 1 aliphatic rings. The van der Waals surface area contributed by atoms with E-state index < -0.39 is 0 Å². The van der Waals surface area contributed by atoms with Crippen molar-refractivity contribution in [3.05, 3.63) is 29.3 Å². The van der Waals surface area contributed by atoms with E-state index in [1.54, 1.807) is 0 Å². The first-order chi connectivity index (χ1) is 11.0. The molecule has 1 aromatic heterocycles. The van der Waals surface area contributed by atoms with Crippen molar-refractivity contribution in [1.29, 1.82) is 0 Å². The van der Waals surface area contributed by atoms with Crippen LogP contribution in [0.4, 0.5) is 0 Å². The molecule has 2 aromatic rings. The zero-order chi connectivity index (χ0) is 16.4. The van der Waals surface area contributed by atoms with Crippen molar-refractivity contribution in [2.24, 2.45) is 0 Å². The van der Waals surface area contributed by atoms with E-state index in [4.69, 9.17) is 4.42 Å². The van der Waals surface area contributed by atoms with Gasteiger partial charge in [-0.2, -0.15) is 0 Å². The Morgan fingerprint density at radius 3 is 2.48 bits per heavy atom. The minimum atomic E-state index is -0.208. The quantitative estimate of drug-likeness (QED) is 0.803. The lowest BCUT2D eigenvalue weighted by molar-refractivity contribution is -0.129. The lowest BCUT2D eigenvalue weighted by Gasteiger charge is -2.18. The SMILES string of the molecule is Cc1cc(C)cc(-c2nnc(S[C@@H](C)C(=O)N3CCCC3)o2)c1. The summed E-state index contributed by atoms with van der Waals surface area (Å²) in [5.41, 5.74) is 3.23. The predicted octanol–water partition coefficient (Wildman–Crippen LogP) is 3.46. The van der Waals surface area contributed by atoms with Crippen LogP contribution in [0.15, 0.2) is 27.8 Å². The third-order valence-electron chi connectivity index (χ3n) is 3.92. The van der Waals surface area contributed by atoms with Crippen molar-refractivity contribution in [3.8, 4) is 11.5 Å². The van der Waals surface area contributed by atoms with Crippen LogP contribution in [0, 0.1) is 13.8 Å². The molecule has 2 heterocycles. The lowest BCUT2D eigenvalue weighted by atomic mass is 10.1. The molecule has 1 atom stereocenters. The van der Waals surface area contributed by atoms with Crippen molar-refractivity contribution < 1.29 is 9.21 Å². The molecule has 1 aromatic carbocycles. The van der Waals surface area contributed by atoms with Gasteiger partial charge in [-0.25, -0.2) is 0 Å². The van der Waals surface area contributed by atoms with E-state index in [1.165, 1.54) is 11.8 Å². The van der Waals surface area contributed by atoms with E-state index in [2.05, 4.69) is 16.3 Å². The average molecular weight is 331 g/mol. The van der Waals surface area contributed by atoms with E-state index in [0.29, 0.717) is 11.1 Å². The van der Waals surface area contributed by atoms with Gasteiger partial charge in [-0.1, -0.05) is 29.0 Å². The molecule has 23 heavy (non-hydrogen) atoms.